The molecule has 0 bridgehead atoms. The second-order valence-electron chi connectivity index (χ2n) is 5.04. The van der Waals surface area contributed by atoms with Crippen LogP contribution < -0.4 is 10.2 Å². The van der Waals surface area contributed by atoms with Crippen LogP contribution in [-0.2, 0) is 9.59 Å². The maximum Gasteiger partial charge on any atom is 0.256 e. The van der Waals surface area contributed by atoms with Crippen molar-refractivity contribution in [2.75, 3.05) is 10.2 Å². The SMILES string of the molecule is O=C1C[C@H](Nc2ccc(Cl)cc2Cl)C(=O)N1c1ccccc1F. The molecule has 2 amide bonds. The molecule has 1 saturated heterocycles. The van der Waals surface area contributed by atoms with Gasteiger partial charge in [0.2, 0.25) is 5.91 Å². The van der Waals surface area contributed by atoms with Gasteiger partial charge in [0.25, 0.3) is 5.91 Å². The van der Waals surface area contributed by atoms with Crippen LogP contribution in [0.1, 0.15) is 6.42 Å². The lowest BCUT2D eigenvalue weighted by Crippen LogP contribution is -2.35. The first-order valence-electron chi connectivity index (χ1n) is 6.80. The normalized spacial score (nSPS) is 17.7. The zero-order valence-electron chi connectivity index (χ0n) is 11.7. The number of nitrogens with zero attached hydrogens (tertiary/aromatic N) is 1. The molecule has 118 valence electrons. The van der Waals surface area contributed by atoms with Gasteiger partial charge in [-0.3, -0.25) is 9.59 Å². The van der Waals surface area contributed by atoms with Gasteiger partial charge in [-0.2, -0.15) is 0 Å². The van der Waals surface area contributed by atoms with Crippen LogP contribution in [-0.4, -0.2) is 17.9 Å². The van der Waals surface area contributed by atoms with Gasteiger partial charge in [-0.15, -0.1) is 0 Å². The predicted octanol–water partition coefficient (Wildman–Crippen LogP) is 3.88. The maximum atomic E-state index is 13.8. The van der Waals surface area contributed by atoms with E-state index in [0.717, 1.165) is 4.90 Å². The summed E-state index contributed by atoms with van der Waals surface area (Å²) in [6.07, 6.45) is -0.0773. The zero-order valence-corrected chi connectivity index (χ0v) is 13.2. The van der Waals surface area contributed by atoms with Crippen LogP contribution in [0, 0.1) is 5.82 Å². The van der Waals surface area contributed by atoms with Gasteiger partial charge >= 0.3 is 0 Å². The Morgan fingerprint density at radius 3 is 2.57 bits per heavy atom. The molecule has 7 heteroatoms. The number of imide groups is 1. The van der Waals surface area contributed by atoms with Crippen molar-refractivity contribution >= 4 is 46.4 Å². The van der Waals surface area contributed by atoms with Crippen LogP contribution in [0.2, 0.25) is 10.0 Å². The summed E-state index contributed by atoms with van der Waals surface area (Å²) in [7, 11) is 0. The molecule has 0 radical (unpaired) electrons. The van der Waals surface area contributed by atoms with Crippen LogP contribution in [0.25, 0.3) is 0 Å². The van der Waals surface area contributed by atoms with Crippen LogP contribution in [0.4, 0.5) is 15.8 Å². The van der Waals surface area contributed by atoms with E-state index < -0.39 is 23.7 Å². The lowest BCUT2D eigenvalue weighted by molar-refractivity contribution is -0.121. The highest BCUT2D eigenvalue weighted by Gasteiger charge is 2.40. The van der Waals surface area contributed by atoms with E-state index in [1.807, 2.05) is 0 Å². The van der Waals surface area contributed by atoms with E-state index >= 15 is 0 Å². The zero-order chi connectivity index (χ0) is 16.6. The molecule has 0 spiro atoms. The summed E-state index contributed by atoms with van der Waals surface area (Å²) in [5.74, 6) is -1.62. The smallest absolute Gasteiger partial charge is 0.256 e. The molecule has 2 aromatic carbocycles. The predicted molar refractivity (Wildman–Crippen MR) is 87.4 cm³/mol. The molecular formula is C16H11Cl2FN2O2. The Morgan fingerprint density at radius 2 is 1.87 bits per heavy atom. The number of halogens is 3. The van der Waals surface area contributed by atoms with Crippen molar-refractivity contribution in [3.8, 4) is 0 Å². The molecule has 0 saturated carbocycles. The first kappa shape index (κ1) is 15.8. The number of benzene rings is 2. The van der Waals surface area contributed by atoms with E-state index in [2.05, 4.69) is 5.32 Å². The van der Waals surface area contributed by atoms with E-state index in [-0.39, 0.29) is 12.1 Å². The molecule has 1 aliphatic rings. The van der Waals surface area contributed by atoms with Crippen molar-refractivity contribution in [2.24, 2.45) is 0 Å². The summed E-state index contributed by atoms with van der Waals surface area (Å²) in [4.78, 5) is 25.4. The van der Waals surface area contributed by atoms with Crippen molar-refractivity contribution in [1.82, 2.24) is 0 Å². The summed E-state index contributed by atoms with van der Waals surface area (Å²) < 4.78 is 13.8. The van der Waals surface area contributed by atoms with Crippen LogP contribution in [0.3, 0.4) is 0 Å². The number of para-hydroxylation sites is 1. The second kappa shape index (κ2) is 6.18. The van der Waals surface area contributed by atoms with Gasteiger partial charge in [-0.25, -0.2) is 9.29 Å². The van der Waals surface area contributed by atoms with Crippen molar-refractivity contribution in [2.45, 2.75) is 12.5 Å². The number of hydrogen-bond acceptors (Lipinski definition) is 3. The monoisotopic (exact) mass is 352 g/mol. The van der Waals surface area contributed by atoms with Crippen LogP contribution in [0.5, 0.6) is 0 Å². The highest BCUT2D eigenvalue weighted by Crippen LogP contribution is 2.30. The number of hydrogen-bond donors (Lipinski definition) is 1. The number of carbonyl (C=O) groups excluding carboxylic acids is 2. The molecule has 2 aromatic rings. The Hall–Kier alpha value is -2.11. The Kier molecular flexibility index (Phi) is 4.24. The van der Waals surface area contributed by atoms with E-state index in [1.54, 1.807) is 18.2 Å². The summed E-state index contributed by atoms with van der Waals surface area (Å²) in [5.41, 5.74) is 0.437. The molecule has 3 rings (SSSR count). The van der Waals surface area contributed by atoms with E-state index in [4.69, 9.17) is 23.2 Å². The molecule has 1 aliphatic heterocycles. The Bertz CT molecular complexity index is 797. The Morgan fingerprint density at radius 1 is 1.13 bits per heavy atom. The van der Waals surface area contributed by atoms with Gasteiger partial charge in [0.1, 0.15) is 11.9 Å². The Labute approximate surface area is 141 Å². The summed E-state index contributed by atoms with van der Waals surface area (Å²) in [6, 6.07) is 9.61. The van der Waals surface area contributed by atoms with Gasteiger partial charge in [-0.1, -0.05) is 35.3 Å². The average molecular weight is 353 g/mol. The van der Waals surface area contributed by atoms with Gasteiger partial charge in [0, 0.05) is 5.02 Å². The number of carbonyl (C=O) groups is 2. The third-order valence-electron chi connectivity index (χ3n) is 3.50. The molecule has 4 nitrogen and oxygen atoms in total. The Balaban J connectivity index is 1.85. The van der Waals surface area contributed by atoms with Gasteiger partial charge in [0.15, 0.2) is 0 Å². The van der Waals surface area contributed by atoms with Gasteiger partial charge in [0.05, 0.1) is 22.8 Å². The van der Waals surface area contributed by atoms with Crippen LogP contribution in [0.15, 0.2) is 42.5 Å². The topological polar surface area (TPSA) is 49.4 Å². The molecule has 0 aromatic heterocycles. The first-order chi connectivity index (χ1) is 11.0. The average Bonchev–Trinajstić information content (AvgIpc) is 2.77. The molecule has 1 heterocycles. The lowest BCUT2D eigenvalue weighted by atomic mass is 10.2. The molecule has 1 N–H and O–H groups in total. The maximum absolute atomic E-state index is 13.8. The standard InChI is InChI=1S/C16H11Cl2FN2O2/c17-9-5-6-12(10(18)7-9)20-13-8-15(22)21(16(13)23)14-4-2-1-3-11(14)19/h1-7,13,20H,8H2/t13-/m0/s1. The van der Waals surface area contributed by atoms with Crippen molar-refractivity contribution < 1.29 is 14.0 Å². The van der Waals surface area contributed by atoms with E-state index in [9.17, 15) is 14.0 Å². The third-order valence-corrected chi connectivity index (χ3v) is 4.05. The summed E-state index contributed by atoms with van der Waals surface area (Å²) >= 11 is 11.9. The first-order valence-corrected chi connectivity index (χ1v) is 7.56. The van der Waals surface area contributed by atoms with E-state index in [1.165, 1.54) is 24.3 Å². The number of anilines is 2. The molecular weight excluding hydrogens is 342 g/mol. The lowest BCUT2D eigenvalue weighted by Gasteiger charge is -2.17. The largest absolute Gasteiger partial charge is 0.372 e. The fraction of sp³-hybridized carbons (Fsp3) is 0.125. The molecule has 0 unspecified atom stereocenters. The quantitative estimate of drug-likeness (QED) is 0.852. The molecule has 23 heavy (non-hydrogen) atoms. The highest BCUT2D eigenvalue weighted by atomic mass is 35.5. The summed E-state index contributed by atoms with van der Waals surface area (Å²) in [5, 5.41) is 3.71. The number of nitrogens with one attached hydrogen (secondary N) is 1. The minimum absolute atomic E-state index is 0.0472. The highest BCUT2D eigenvalue weighted by molar-refractivity contribution is 6.36. The van der Waals surface area contributed by atoms with E-state index in [0.29, 0.717) is 15.7 Å². The minimum Gasteiger partial charge on any atom is -0.372 e. The van der Waals surface area contributed by atoms with Gasteiger partial charge < -0.3 is 5.32 Å². The minimum atomic E-state index is -0.805. The fourth-order valence-corrected chi connectivity index (χ4v) is 2.89. The van der Waals surface area contributed by atoms with Gasteiger partial charge in [-0.05, 0) is 30.3 Å². The summed E-state index contributed by atoms with van der Waals surface area (Å²) in [6.45, 7) is 0. The molecule has 0 aliphatic carbocycles. The van der Waals surface area contributed by atoms with Crippen molar-refractivity contribution in [1.29, 1.82) is 0 Å². The van der Waals surface area contributed by atoms with Crippen molar-refractivity contribution in [3.05, 3.63) is 58.3 Å². The molecule has 1 fully saturated rings. The third kappa shape index (κ3) is 3.02. The number of amides is 2. The fourth-order valence-electron chi connectivity index (χ4n) is 2.43. The van der Waals surface area contributed by atoms with Crippen molar-refractivity contribution in [3.63, 3.8) is 0 Å². The molecule has 1 atom stereocenters. The second-order valence-corrected chi connectivity index (χ2v) is 5.89. The van der Waals surface area contributed by atoms with Crippen LogP contribution >= 0.6 is 23.2 Å². The number of rotatable bonds is 3.